The van der Waals surface area contributed by atoms with E-state index in [1.54, 1.807) is 7.11 Å². The van der Waals surface area contributed by atoms with E-state index in [1.165, 1.54) is 12.8 Å². The molecule has 1 unspecified atom stereocenters. The number of hydrogen-bond acceptors (Lipinski definition) is 3. The molecule has 0 saturated heterocycles. The van der Waals surface area contributed by atoms with Crippen LogP contribution in [0.5, 0.6) is 0 Å². The van der Waals surface area contributed by atoms with E-state index in [4.69, 9.17) is 10.5 Å². The highest BCUT2D eigenvalue weighted by molar-refractivity contribution is 4.75. The van der Waals surface area contributed by atoms with Crippen LogP contribution in [0.15, 0.2) is 0 Å². The molecule has 1 atom stereocenters. The van der Waals surface area contributed by atoms with Crippen LogP contribution in [0.3, 0.4) is 0 Å². The van der Waals surface area contributed by atoms with E-state index in [1.807, 2.05) is 0 Å². The molecule has 0 spiro atoms. The first-order chi connectivity index (χ1) is 8.82. The van der Waals surface area contributed by atoms with Gasteiger partial charge in [-0.05, 0) is 57.5 Å². The molecular weight excluding hydrogens is 236 g/mol. The average Bonchev–Trinajstić information content (AvgIpc) is 2.30. The number of ether oxygens (including phenoxy) is 1. The summed E-state index contributed by atoms with van der Waals surface area (Å²) >= 11 is 0. The third-order valence-electron chi connectivity index (χ3n) is 4.05. The van der Waals surface area contributed by atoms with Crippen LogP contribution in [0, 0.1) is 11.3 Å². The lowest BCUT2D eigenvalue weighted by Crippen LogP contribution is -2.35. The Balaban J connectivity index is 4.13. The fourth-order valence-electron chi connectivity index (χ4n) is 2.59. The maximum atomic E-state index is 5.74. The van der Waals surface area contributed by atoms with Gasteiger partial charge in [-0.15, -0.1) is 0 Å². The van der Waals surface area contributed by atoms with Crippen LogP contribution in [0.4, 0.5) is 0 Å². The van der Waals surface area contributed by atoms with E-state index in [9.17, 15) is 0 Å². The molecule has 0 saturated carbocycles. The Morgan fingerprint density at radius 3 is 2.16 bits per heavy atom. The molecule has 0 aromatic carbocycles. The van der Waals surface area contributed by atoms with Gasteiger partial charge in [0.15, 0.2) is 0 Å². The van der Waals surface area contributed by atoms with E-state index < -0.39 is 0 Å². The van der Waals surface area contributed by atoms with E-state index in [0.717, 1.165) is 38.6 Å². The molecule has 0 aromatic heterocycles. The summed E-state index contributed by atoms with van der Waals surface area (Å²) in [6.07, 6.45) is 3.67. The van der Waals surface area contributed by atoms with E-state index in [-0.39, 0.29) is 0 Å². The van der Waals surface area contributed by atoms with Crippen LogP contribution in [-0.4, -0.2) is 44.3 Å². The minimum atomic E-state index is 0.370. The third kappa shape index (κ3) is 8.61. The van der Waals surface area contributed by atoms with Gasteiger partial charge in [0.1, 0.15) is 0 Å². The number of hydrogen-bond donors (Lipinski definition) is 1. The third-order valence-corrected chi connectivity index (χ3v) is 4.05. The van der Waals surface area contributed by atoms with Crippen molar-refractivity contribution in [3.05, 3.63) is 0 Å². The Morgan fingerprint density at radius 1 is 1.11 bits per heavy atom. The van der Waals surface area contributed by atoms with Crippen molar-refractivity contribution in [1.29, 1.82) is 0 Å². The first-order valence-electron chi connectivity index (χ1n) is 7.76. The predicted molar refractivity (Wildman–Crippen MR) is 84.4 cm³/mol. The number of methoxy groups -OCH3 is 1. The molecule has 0 amide bonds. The molecule has 0 aliphatic rings. The summed E-state index contributed by atoms with van der Waals surface area (Å²) < 4.78 is 5.18. The standard InChI is InChI=1S/C16H36N2O/c1-14(2)18(12-13-19-6)11-7-8-15(9-10-17)16(3,4)5/h14-15H,7-13,17H2,1-6H3. The Labute approximate surface area is 120 Å². The van der Waals surface area contributed by atoms with Crippen molar-refractivity contribution >= 4 is 0 Å². The summed E-state index contributed by atoms with van der Waals surface area (Å²) in [6, 6.07) is 0.595. The van der Waals surface area contributed by atoms with E-state index in [2.05, 4.69) is 39.5 Å². The average molecular weight is 272 g/mol. The zero-order chi connectivity index (χ0) is 14.9. The fraction of sp³-hybridized carbons (Fsp3) is 1.00. The normalized spacial score (nSPS) is 14.4. The SMILES string of the molecule is COCCN(CCCC(CCN)C(C)(C)C)C(C)C. The van der Waals surface area contributed by atoms with Crippen molar-refractivity contribution in [2.45, 2.75) is 59.9 Å². The molecule has 2 N–H and O–H groups in total. The molecule has 116 valence electrons. The second-order valence-electron chi connectivity index (χ2n) is 6.91. The molecule has 0 heterocycles. The van der Waals surface area contributed by atoms with Crippen molar-refractivity contribution in [2.24, 2.45) is 17.1 Å². The quantitative estimate of drug-likeness (QED) is 0.664. The fourth-order valence-corrected chi connectivity index (χ4v) is 2.59. The van der Waals surface area contributed by atoms with Gasteiger partial charge in [0.2, 0.25) is 0 Å². The lowest BCUT2D eigenvalue weighted by atomic mass is 9.76. The van der Waals surface area contributed by atoms with Crippen molar-refractivity contribution in [2.75, 3.05) is 33.4 Å². The maximum Gasteiger partial charge on any atom is 0.0589 e. The topological polar surface area (TPSA) is 38.5 Å². The van der Waals surface area contributed by atoms with Crippen molar-refractivity contribution in [1.82, 2.24) is 4.90 Å². The van der Waals surface area contributed by atoms with E-state index in [0.29, 0.717) is 11.5 Å². The maximum absolute atomic E-state index is 5.74. The molecule has 19 heavy (non-hydrogen) atoms. The molecule has 0 fully saturated rings. The Kier molecular flexibility index (Phi) is 9.67. The molecular formula is C16H36N2O. The molecule has 0 aliphatic heterocycles. The van der Waals surface area contributed by atoms with Crippen LogP contribution < -0.4 is 5.73 Å². The summed E-state index contributed by atoms with van der Waals surface area (Å²) in [6.45, 7) is 15.3. The van der Waals surface area contributed by atoms with Crippen molar-refractivity contribution < 1.29 is 4.74 Å². The van der Waals surface area contributed by atoms with E-state index >= 15 is 0 Å². The minimum absolute atomic E-state index is 0.370. The smallest absolute Gasteiger partial charge is 0.0589 e. The van der Waals surface area contributed by atoms with Gasteiger partial charge in [-0.3, -0.25) is 4.90 Å². The second-order valence-corrected chi connectivity index (χ2v) is 6.91. The first kappa shape index (κ1) is 18.9. The van der Waals surface area contributed by atoms with Crippen LogP contribution in [0.25, 0.3) is 0 Å². The van der Waals surface area contributed by atoms with Crippen LogP contribution in [0.1, 0.15) is 53.9 Å². The summed E-state index contributed by atoms with van der Waals surface area (Å²) in [5.41, 5.74) is 6.11. The number of rotatable bonds is 10. The van der Waals surface area contributed by atoms with Gasteiger partial charge >= 0.3 is 0 Å². The van der Waals surface area contributed by atoms with Gasteiger partial charge in [-0.2, -0.15) is 0 Å². The zero-order valence-corrected chi connectivity index (χ0v) is 14.0. The predicted octanol–water partition coefficient (Wildman–Crippen LogP) is 3.13. The highest BCUT2D eigenvalue weighted by atomic mass is 16.5. The van der Waals surface area contributed by atoms with Gasteiger partial charge in [0.05, 0.1) is 6.61 Å². The van der Waals surface area contributed by atoms with Gasteiger partial charge in [0, 0.05) is 19.7 Å². The van der Waals surface area contributed by atoms with Crippen molar-refractivity contribution in [3.8, 4) is 0 Å². The molecule has 0 radical (unpaired) electrons. The lowest BCUT2D eigenvalue weighted by molar-refractivity contribution is 0.122. The molecule has 0 rings (SSSR count). The summed E-state index contributed by atoms with van der Waals surface area (Å²) in [7, 11) is 1.77. The minimum Gasteiger partial charge on any atom is -0.383 e. The number of nitrogens with two attached hydrogens (primary N) is 1. The highest BCUT2D eigenvalue weighted by Crippen LogP contribution is 2.32. The van der Waals surface area contributed by atoms with Crippen LogP contribution in [0.2, 0.25) is 0 Å². The highest BCUT2D eigenvalue weighted by Gasteiger charge is 2.23. The lowest BCUT2D eigenvalue weighted by Gasteiger charge is -2.32. The molecule has 0 aromatic rings. The monoisotopic (exact) mass is 272 g/mol. The van der Waals surface area contributed by atoms with Crippen LogP contribution >= 0.6 is 0 Å². The Hall–Kier alpha value is -0.120. The Bertz CT molecular complexity index is 211. The summed E-state index contributed by atoms with van der Waals surface area (Å²) in [4.78, 5) is 2.51. The first-order valence-corrected chi connectivity index (χ1v) is 7.76. The van der Waals surface area contributed by atoms with Gasteiger partial charge in [-0.25, -0.2) is 0 Å². The second kappa shape index (κ2) is 9.73. The van der Waals surface area contributed by atoms with Crippen molar-refractivity contribution in [3.63, 3.8) is 0 Å². The van der Waals surface area contributed by atoms with Gasteiger partial charge in [-0.1, -0.05) is 20.8 Å². The van der Waals surface area contributed by atoms with Gasteiger partial charge in [0.25, 0.3) is 0 Å². The zero-order valence-electron chi connectivity index (χ0n) is 14.0. The van der Waals surface area contributed by atoms with Gasteiger partial charge < -0.3 is 10.5 Å². The number of nitrogens with zero attached hydrogens (tertiary/aromatic N) is 1. The molecule has 3 heteroatoms. The summed E-state index contributed by atoms with van der Waals surface area (Å²) in [5, 5.41) is 0. The molecule has 0 aliphatic carbocycles. The molecule has 3 nitrogen and oxygen atoms in total. The van der Waals surface area contributed by atoms with Crippen LogP contribution in [-0.2, 0) is 4.74 Å². The Morgan fingerprint density at radius 2 is 1.74 bits per heavy atom. The largest absolute Gasteiger partial charge is 0.383 e. The summed E-state index contributed by atoms with van der Waals surface area (Å²) in [5.74, 6) is 0.730. The molecule has 0 bridgehead atoms.